The Morgan fingerprint density at radius 3 is 2.64 bits per heavy atom. The van der Waals surface area contributed by atoms with Crippen LogP contribution in [0.5, 0.6) is 0 Å². The molecule has 0 radical (unpaired) electrons. The monoisotopic (exact) mass is 461 g/mol. The summed E-state index contributed by atoms with van der Waals surface area (Å²) in [6.45, 7) is 6.09. The van der Waals surface area contributed by atoms with Crippen LogP contribution >= 0.6 is 11.3 Å². The lowest BCUT2D eigenvalue weighted by molar-refractivity contribution is -0.118. The van der Waals surface area contributed by atoms with Crippen LogP contribution in [-0.2, 0) is 14.9 Å². The first-order valence-corrected chi connectivity index (χ1v) is 12.5. The topological polar surface area (TPSA) is 54.5 Å². The van der Waals surface area contributed by atoms with E-state index in [1.54, 1.807) is 18.4 Å². The number of ether oxygens (including phenoxy) is 1. The fourth-order valence-electron chi connectivity index (χ4n) is 4.87. The molecule has 1 saturated heterocycles. The summed E-state index contributed by atoms with van der Waals surface area (Å²) in [5.41, 5.74) is 4.43. The van der Waals surface area contributed by atoms with Gasteiger partial charge in [-0.2, -0.15) is 0 Å². The fraction of sp³-hybridized carbons (Fsp3) is 0.407. The number of hydrogen-bond donors (Lipinski definition) is 1. The quantitative estimate of drug-likeness (QED) is 0.523. The van der Waals surface area contributed by atoms with Crippen molar-refractivity contribution in [3.05, 3.63) is 81.9 Å². The van der Waals surface area contributed by atoms with E-state index >= 15 is 0 Å². The third-order valence-electron chi connectivity index (χ3n) is 7.25. The van der Waals surface area contributed by atoms with Gasteiger partial charge in [-0.25, -0.2) is 4.98 Å². The number of benzene rings is 2. The van der Waals surface area contributed by atoms with Crippen LogP contribution in [0.25, 0.3) is 0 Å². The van der Waals surface area contributed by atoms with E-state index in [0.717, 1.165) is 42.8 Å². The van der Waals surface area contributed by atoms with Crippen molar-refractivity contribution in [1.29, 1.82) is 0 Å². The second-order valence-corrected chi connectivity index (χ2v) is 10.4. The molecule has 1 amide bonds. The number of likely N-dealkylation sites (tertiary alicyclic amines) is 1. The first-order chi connectivity index (χ1) is 16.0. The Morgan fingerprint density at radius 2 is 1.97 bits per heavy atom. The zero-order valence-electron chi connectivity index (χ0n) is 19.5. The Kier molecular flexibility index (Phi) is 6.08. The minimum atomic E-state index is -0.413. The summed E-state index contributed by atoms with van der Waals surface area (Å²) >= 11 is 1.58. The first-order valence-electron chi connectivity index (χ1n) is 11.7. The largest absolute Gasteiger partial charge is 0.380 e. The average molecular weight is 462 g/mol. The van der Waals surface area contributed by atoms with Gasteiger partial charge in [-0.15, -0.1) is 0 Å². The van der Waals surface area contributed by atoms with E-state index in [4.69, 9.17) is 4.74 Å². The van der Waals surface area contributed by atoms with Gasteiger partial charge in [-0.1, -0.05) is 59.9 Å². The molecule has 2 fully saturated rings. The summed E-state index contributed by atoms with van der Waals surface area (Å²) in [4.78, 5) is 21.5. The van der Waals surface area contributed by atoms with E-state index < -0.39 is 5.41 Å². The zero-order valence-corrected chi connectivity index (χ0v) is 20.3. The normalized spacial score (nSPS) is 20.5. The van der Waals surface area contributed by atoms with Crippen molar-refractivity contribution >= 4 is 22.4 Å². The average Bonchev–Trinajstić information content (AvgIpc) is 3.30. The standard InChI is InChI=1S/C27H31N3O2S/c1-18-9-10-21(15-19(18)2)27(12-13-27)25(31)29-26-28-16-23(33-26)24(20-7-5-4-6-8-20)30-14-11-22(17-30)32-3/h4-10,15-16,22,24H,11-14,17H2,1-3H3,(H,28,29,31)/t22-,24+/m1/s1. The van der Waals surface area contributed by atoms with E-state index in [1.807, 2.05) is 12.3 Å². The molecule has 1 saturated carbocycles. The highest BCUT2D eigenvalue weighted by Gasteiger charge is 2.51. The summed E-state index contributed by atoms with van der Waals surface area (Å²) in [6, 6.07) is 17.0. The molecule has 172 valence electrons. The lowest BCUT2D eigenvalue weighted by Crippen LogP contribution is -2.28. The highest BCUT2D eigenvalue weighted by Crippen LogP contribution is 2.49. The number of aryl methyl sites for hydroxylation is 2. The second kappa shape index (κ2) is 9.01. The molecule has 0 unspecified atom stereocenters. The fourth-order valence-corrected chi connectivity index (χ4v) is 5.84. The van der Waals surface area contributed by atoms with Gasteiger partial charge in [0.05, 0.1) is 17.6 Å². The van der Waals surface area contributed by atoms with Gasteiger partial charge < -0.3 is 10.1 Å². The summed E-state index contributed by atoms with van der Waals surface area (Å²) in [5.74, 6) is 0.0588. The number of hydrogen-bond acceptors (Lipinski definition) is 5. The van der Waals surface area contributed by atoms with Gasteiger partial charge in [-0.05, 0) is 55.4 Å². The molecule has 1 aromatic heterocycles. The molecule has 1 N–H and O–H groups in total. The Labute approximate surface area is 199 Å². The maximum absolute atomic E-state index is 13.3. The molecular weight excluding hydrogens is 430 g/mol. The summed E-state index contributed by atoms with van der Waals surface area (Å²) in [5, 5.41) is 3.81. The molecule has 5 rings (SSSR count). The number of carbonyl (C=O) groups excluding carboxylic acids is 1. The summed E-state index contributed by atoms with van der Waals surface area (Å²) in [7, 11) is 1.79. The Hall–Kier alpha value is -2.54. The maximum atomic E-state index is 13.3. The van der Waals surface area contributed by atoms with Crippen LogP contribution in [0.2, 0.25) is 0 Å². The number of amides is 1. The van der Waals surface area contributed by atoms with Crippen molar-refractivity contribution in [3.8, 4) is 0 Å². The predicted molar refractivity (Wildman–Crippen MR) is 133 cm³/mol. The van der Waals surface area contributed by atoms with Crippen LogP contribution < -0.4 is 5.32 Å². The summed E-state index contributed by atoms with van der Waals surface area (Å²) < 4.78 is 5.61. The third-order valence-corrected chi connectivity index (χ3v) is 8.21. The van der Waals surface area contributed by atoms with E-state index in [2.05, 4.69) is 71.5 Å². The van der Waals surface area contributed by atoms with Gasteiger partial charge in [0.2, 0.25) is 5.91 Å². The zero-order chi connectivity index (χ0) is 23.0. The van der Waals surface area contributed by atoms with Gasteiger partial charge in [-0.3, -0.25) is 9.69 Å². The Morgan fingerprint density at radius 1 is 1.18 bits per heavy atom. The van der Waals surface area contributed by atoms with Crippen LogP contribution in [0, 0.1) is 13.8 Å². The molecule has 0 spiro atoms. The number of carbonyl (C=O) groups is 1. The summed E-state index contributed by atoms with van der Waals surface area (Å²) in [6.07, 6.45) is 4.99. The molecule has 2 aromatic carbocycles. The Balaban J connectivity index is 1.37. The molecule has 1 aliphatic heterocycles. The molecule has 3 aromatic rings. The molecule has 6 heteroatoms. The molecule has 5 nitrogen and oxygen atoms in total. The number of rotatable bonds is 7. The Bertz CT molecular complexity index is 1140. The van der Waals surface area contributed by atoms with Gasteiger partial charge in [0.15, 0.2) is 5.13 Å². The molecule has 2 aliphatic rings. The SMILES string of the molecule is CO[C@@H]1CCN([C@@H](c2ccccc2)c2cnc(NC(=O)C3(c4ccc(C)c(C)c4)CC3)s2)C1. The third kappa shape index (κ3) is 4.35. The maximum Gasteiger partial charge on any atom is 0.236 e. The number of anilines is 1. The van der Waals surface area contributed by atoms with E-state index in [0.29, 0.717) is 5.13 Å². The van der Waals surface area contributed by atoms with Gasteiger partial charge in [0.1, 0.15) is 0 Å². The van der Waals surface area contributed by atoms with Crippen LogP contribution in [0.15, 0.2) is 54.7 Å². The lowest BCUT2D eigenvalue weighted by Gasteiger charge is -2.27. The van der Waals surface area contributed by atoms with Crippen LogP contribution in [-0.4, -0.2) is 42.1 Å². The van der Waals surface area contributed by atoms with Crippen molar-refractivity contribution < 1.29 is 9.53 Å². The van der Waals surface area contributed by atoms with Crippen molar-refractivity contribution in [2.75, 3.05) is 25.5 Å². The number of nitrogens with zero attached hydrogens (tertiary/aromatic N) is 2. The minimum absolute atomic E-state index is 0.0588. The highest BCUT2D eigenvalue weighted by atomic mass is 32.1. The van der Waals surface area contributed by atoms with E-state index in [1.165, 1.54) is 16.7 Å². The van der Waals surface area contributed by atoms with Gasteiger partial charge >= 0.3 is 0 Å². The predicted octanol–water partition coefficient (Wildman–Crippen LogP) is 5.24. The smallest absolute Gasteiger partial charge is 0.236 e. The number of thiazole rings is 1. The second-order valence-electron chi connectivity index (χ2n) is 9.36. The number of methoxy groups -OCH3 is 1. The highest BCUT2D eigenvalue weighted by molar-refractivity contribution is 7.15. The molecular formula is C27H31N3O2S. The van der Waals surface area contributed by atoms with Crippen molar-refractivity contribution in [3.63, 3.8) is 0 Å². The van der Waals surface area contributed by atoms with Crippen molar-refractivity contribution in [2.24, 2.45) is 0 Å². The van der Waals surface area contributed by atoms with Crippen LogP contribution in [0.4, 0.5) is 5.13 Å². The minimum Gasteiger partial charge on any atom is -0.380 e. The molecule has 2 atom stereocenters. The first kappa shape index (κ1) is 22.3. The van der Waals surface area contributed by atoms with Crippen molar-refractivity contribution in [2.45, 2.75) is 50.7 Å². The van der Waals surface area contributed by atoms with Gasteiger partial charge in [0, 0.05) is 31.3 Å². The van der Waals surface area contributed by atoms with E-state index in [9.17, 15) is 4.79 Å². The van der Waals surface area contributed by atoms with Crippen LogP contribution in [0.1, 0.15) is 52.4 Å². The molecule has 0 bridgehead atoms. The molecule has 33 heavy (non-hydrogen) atoms. The molecule has 1 aliphatic carbocycles. The van der Waals surface area contributed by atoms with Gasteiger partial charge in [0.25, 0.3) is 0 Å². The van der Waals surface area contributed by atoms with Crippen molar-refractivity contribution in [1.82, 2.24) is 9.88 Å². The molecule has 2 heterocycles. The lowest BCUT2D eigenvalue weighted by atomic mass is 9.92. The van der Waals surface area contributed by atoms with E-state index in [-0.39, 0.29) is 18.1 Å². The number of nitrogens with one attached hydrogen (secondary N) is 1. The van der Waals surface area contributed by atoms with Crippen LogP contribution in [0.3, 0.4) is 0 Å². The number of aromatic nitrogens is 1.